The minimum atomic E-state index is -0.244. The number of carbonyl (C=O) groups is 1. The van der Waals surface area contributed by atoms with Crippen LogP contribution in [0, 0.1) is 0 Å². The Morgan fingerprint density at radius 3 is 2.56 bits per heavy atom. The van der Waals surface area contributed by atoms with E-state index >= 15 is 0 Å². The number of hydrogen-bond donors (Lipinski definition) is 1. The maximum atomic E-state index is 12.4. The third kappa shape index (κ3) is 4.65. The van der Waals surface area contributed by atoms with Gasteiger partial charge in [0, 0.05) is 44.5 Å². The Kier molecular flexibility index (Phi) is 6.26. The molecule has 0 aliphatic heterocycles. The second-order valence-electron chi connectivity index (χ2n) is 5.90. The van der Waals surface area contributed by atoms with Gasteiger partial charge in [0.15, 0.2) is 0 Å². The van der Waals surface area contributed by atoms with Gasteiger partial charge in [0.2, 0.25) is 11.9 Å². The van der Waals surface area contributed by atoms with Crippen molar-refractivity contribution in [3.05, 3.63) is 34.3 Å². The van der Waals surface area contributed by atoms with Crippen LogP contribution in [0.4, 0.5) is 5.95 Å². The Morgan fingerprint density at radius 1 is 1.28 bits per heavy atom. The van der Waals surface area contributed by atoms with Gasteiger partial charge in [0.05, 0.1) is 0 Å². The van der Waals surface area contributed by atoms with Crippen LogP contribution >= 0.6 is 0 Å². The maximum absolute atomic E-state index is 12.4. The molecule has 2 aromatic heterocycles. The molecular formula is C16H25N7O2. The molecular weight excluding hydrogens is 322 g/mol. The van der Waals surface area contributed by atoms with Crippen molar-refractivity contribution in [2.75, 3.05) is 12.8 Å². The van der Waals surface area contributed by atoms with Gasteiger partial charge in [-0.15, -0.1) is 0 Å². The number of nitrogen functional groups attached to an aromatic ring is 1. The van der Waals surface area contributed by atoms with E-state index in [0.29, 0.717) is 13.1 Å². The molecule has 2 N–H and O–H groups in total. The van der Waals surface area contributed by atoms with E-state index in [1.54, 1.807) is 24.0 Å². The number of amides is 1. The molecule has 2 aromatic rings. The fraction of sp³-hybridized carbons (Fsp3) is 0.562. The van der Waals surface area contributed by atoms with Crippen LogP contribution in [0.15, 0.2) is 17.2 Å². The van der Waals surface area contributed by atoms with Crippen molar-refractivity contribution in [2.24, 2.45) is 0 Å². The quantitative estimate of drug-likeness (QED) is 0.741. The molecule has 9 heteroatoms. The van der Waals surface area contributed by atoms with Crippen LogP contribution < -0.4 is 11.4 Å². The highest BCUT2D eigenvalue weighted by Crippen LogP contribution is 2.04. The van der Waals surface area contributed by atoms with E-state index in [0.717, 1.165) is 30.7 Å². The Bertz CT molecular complexity index is 764. The van der Waals surface area contributed by atoms with Crippen molar-refractivity contribution in [2.45, 2.75) is 52.7 Å². The van der Waals surface area contributed by atoms with Gasteiger partial charge >= 0.3 is 5.69 Å². The molecule has 0 unspecified atom stereocenters. The van der Waals surface area contributed by atoms with Gasteiger partial charge in [-0.2, -0.15) is 5.10 Å². The topological polar surface area (TPSA) is 112 Å². The summed E-state index contributed by atoms with van der Waals surface area (Å²) in [5, 5.41) is 4.34. The summed E-state index contributed by atoms with van der Waals surface area (Å²) in [6.07, 6.45) is 5.87. The van der Waals surface area contributed by atoms with Gasteiger partial charge in [-0.3, -0.25) is 9.36 Å². The normalized spacial score (nSPS) is 10.8. The molecule has 136 valence electrons. The highest BCUT2D eigenvalue weighted by atomic mass is 16.2. The first-order valence-electron chi connectivity index (χ1n) is 8.43. The molecule has 25 heavy (non-hydrogen) atoms. The molecule has 2 heterocycles. The Labute approximate surface area is 146 Å². The molecule has 9 nitrogen and oxygen atoms in total. The predicted octanol–water partition coefficient (Wildman–Crippen LogP) is 0.438. The zero-order chi connectivity index (χ0) is 18.4. The van der Waals surface area contributed by atoms with Gasteiger partial charge in [0.1, 0.15) is 12.4 Å². The van der Waals surface area contributed by atoms with Crippen LogP contribution in [0.25, 0.3) is 0 Å². The van der Waals surface area contributed by atoms with E-state index in [9.17, 15) is 9.59 Å². The Morgan fingerprint density at radius 2 is 1.96 bits per heavy atom. The lowest BCUT2D eigenvalue weighted by Gasteiger charge is -2.16. The number of hydrogen-bond acceptors (Lipinski definition) is 6. The average molecular weight is 347 g/mol. The smallest absolute Gasteiger partial charge is 0.346 e. The molecule has 0 fully saturated rings. The summed E-state index contributed by atoms with van der Waals surface area (Å²) in [5.41, 5.74) is 5.97. The molecule has 0 bridgehead atoms. The molecule has 0 saturated carbocycles. The Hall–Kier alpha value is -2.71. The van der Waals surface area contributed by atoms with Gasteiger partial charge in [-0.25, -0.2) is 19.4 Å². The molecule has 0 saturated heterocycles. The number of carbonyl (C=O) groups excluding carboxylic acids is 1. The highest BCUT2D eigenvalue weighted by molar-refractivity contribution is 5.75. The van der Waals surface area contributed by atoms with Crippen molar-refractivity contribution in [1.82, 2.24) is 29.2 Å². The van der Waals surface area contributed by atoms with Crippen LogP contribution in [0.2, 0.25) is 0 Å². The second-order valence-corrected chi connectivity index (χ2v) is 5.90. The van der Waals surface area contributed by atoms with E-state index in [-0.39, 0.29) is 24.1 Å². The van der Waals surface area contributed by atoms with Crippen molar-refractivity contribution in [3.63, 3.8) is 0 Å². The number of anilines is 1. The minimum absolute atomic E-state index is 0.0860. The first-order valence-corrected chi connectivity index (χ1v) is 8.43. The second kappa shape index (κ2) is 8.41. The SMILES string of the molecule is CCCCc1nn(CC(=O)N(C)Cc2cnc(N)nc2)c(=O)n1CC. The number of aromatic nitrogens is 5. The van der Waals surface area contributed by atoms with Gasteiger partial charge in [-0.05, 0) is 13.3 Å². The zero-order valence-electron chi connectivity index (χ0n) is 15.0. The average Bonchev–Trinajstić information content (AvgIpc) is 2.89. The summed E-state index contributed by atoms with van der Waals surface area (Å²) >= 11 is 0. The van der Waals surface area contributed by atoms with Crippen molar-refractivity contribution in [1.29, 1.82) is 0 Å². The third-order valence-corrected chi connectivity index (χ3v) is 3.93. The molecule has 0 aliphatic carbocycles. The highest BCUT2D eigenvalue weighted by Gasteiger charge is 2.17. The summed E-state index contributed by atoms with van der Waals surface area (Å²) in [7, 11) is 1.67. The Balaban J connectivity index is 2.07. The van der Waals surface area contributed by atoms with Crippen LogP contribution in [0.1, 0.15) is 38.1 Å². The fourth-order valence-electron chi connectivity index (χ4n) is 2.48. The molecule has 0 aliphatic rings. The van der Waals surface area contributed by atoms with Crippen molar-refractivity contribution >= 4 is 11.9 Å². The van der Waals surface area contributed by atoms with Crippen molar-refractivity contribution < 1.29 is 4.79 Å². The summed E-state index contributed by atoms with van der Waals surface area (Å²) in [6, 6.07) is 0. The molecule has 1 amide bonds. The standard InChI is InChI=1S/C16H25N7O2/c1-4-6-7-13-20-23(16(25)22(13)5-2)11-14(24)21(3)10-12-8-18-15(17)19-9-12/h8-9H,4-7,10-11H2,1-3H3,(H2,17,18,19). The lowest BCUT2D eigenvalue weighted by Crippen LogP contribution is -2.34. The van der Waals surface area contributed by atoms with Crippen LogP contribution in [0.3, 0.4) is 0 Å². The predicted molar refractivity (Wildman–Crippen MR) is 93.7 cm³/mol. The van der Waals surface area contributed by atoms with E-state index < -0.39 is 0 Å². The largest absolute Gasteiger partial charge is 0.368 e. The lowest BCUT2D eigenvalue weighted by atomic mass is 10.2. The van der Waals surface area contributed by atoms with Gasteiger partial charge in [0.25, 0.3) is 0 Å². The van der Waals surface area contributed by atoms with E-state index in [2.05, 4.69) is 22.0 Å². The van der Waals surface area contributed by atoms with E-state index in [1.165, 1.54) is 9.58 Å². The van der Waals surface area contributed by atoms with E-state index in [4.69, 9.17) is 5.73 Å². The minimum Gasteiger partial charge on any atom is -0.368 e. The molecule has 0 atom stereocenters. The van der Waals surface area contributed by atoms with Crippen molar-refractivity contribution in [3.8, 4) is 0 Å². The summed E-state index contributed by atoms with van der Waals surface area (Å²) < 4.78 is 2.86. The number of aryl methyl sites for hydroxylation is 1. The maximum Gasteiger partial charge on any atom is 0.346 e. The number of rotatable bonds is 8. The number of nitrogens with two attached hydrogens (primary N) is 1. The number of likely N-dealkylation sites (N-methyl/N-ethyl adjacent to an activating group) is 1. The van der Waals surface area contributed by atoms with Crippen LogP contribution in [-0.4, -0.2) is 42.2 Å². The summed E-state index contributed by atoms with van der Waals surface area (Å²) in [4.78, 5) is 34.1. The van der Waals surface area contributed by atoms with Crippen LogP contribution in [-0.2, 0) is 30.8 Å². The number of nitrogens with zero attached hydrogens (tertiary/aromatic N) is 6. The van der Waals surface area contributed by atoms with Gasteiger partial charge in [-0.1, -0.05) is 13.3 Å². The van der Waals surface area contributed by atoms with E-state index in [1.807, 2.05) is 6.92 Å². The molecule has 0 spiro atoms. The lowest BCUT2D eigenvalue weighted by molar-refractivity contribution is -0.131. The molecule has 0 aromatic carbocycles. The monoisotopic (exact) mass is 347 g/mol. The fourth-order valence-corrected chi connectivity index (χ4v) is 2.48. The van der Waals surface area contributed by atoms with Crippen LogP contribution in [0.5, 0.6) is 0 Å². The third-order valence-electron chi connectivity index (χ3n) is 3.93. The molecule has 0 radical (unpaired) electrons. The molecule has 2 rings (SSSR count). The zero-order valence-corrected chi connectivity index (χ0v) is 15.0. The van der Waals surface area contributed by atoms with Gasteiger partial charge < -0.3 is 10.6 Å². The summed E-state index contributed by atoms with van der Waals surface area (Å²) in [6.45, 7) is 4.79. The summed E-state index contributed by atoms with van der Waals surface area (Å²) in [5.74, 6) is 0.715. The number of unbranched alkanes of at least 4 members (excludes halogenated alkanes) is 1. The first kappa shape index (κ1) is 18.6. The first-order chi connectivity index (χ1) is 12.0.